The van der Waals surface area contributed by atoms with Crippen LogP contribution in [0.15, 0.2) is 28.7 Å². The van der Waals surface area contributed by atoms with Gasteiger partial charge in [0.15, 0.2) is 5.65 Å². The van der Waals surface area contributed by atoms with E-state index in [1.54, 1.807) is 6.07 Å². The Bertz CT molecular complexity index is 990. The van der Waals surface area contributed by atoms with E-state index < -0.39 is 12.0 Å². The molecule has 5 rings (SSSR count). The first kappa shape index (κ1) is 16.6. The predicted molar refractivity (Wildman–Crippen MR) is 90.2 cm³/mol. The summed E-state index contributed by atoms with van der Waals surface area (Å²) in [7, 11) is 0. The van der Waals surface area contributed by atoms with E-state index in [0.717, 1.165) is 35.3 Å². The molecule has 27 heavy (non-hydrogen) atoms. The van der Waals surface area contributed by atoms with Crippen molar-refractivity contribution in [3.05, 3.63) is 41.6 Å². The van der Waals surface area contributed by atoms with Gasteiger partial charge in [0.05, 0.1) is 6.54 Å². The number of aromatic nitrogens is 4. The molecule has 0 bridgehead atoms. The number of rotatable bonds is 5. The number of fused-ring (bicyclic) bond motifs is 1. The molecule has 2 aliphatic rings. The summed E-state index contributed by atoms with van der Waals surface area (Å²) in [5.41, 5.74) is 0.0739. The van der Waals surface area contributed by atoms with E-state index >= 15 is 0 Å². The van der Waals surface area contributed by atoms with E-state index in [0.29, 0.717) is 24.2 Å². The average Bonchev–Trinajstić information content (AvgIpc) is 3.49. The minimum absolute atomic E-state index is 0.0739. The fraction of sp³-hybridized carbons (Fsp3) is 0.500. The van der Waals surface area contributed by atoms with Gasteiger partial charge >= 0.3 is 6.18 Å². The zero-order valence-electron chi connectivity index (χ0n) is 14.6. The van der Waals surface area contributed by atoms with Crippen molar-refractivity contribution in [2.75, 3.05) is 4.90 Å². The van der Waals surface area contributed by atoms with E-state index in [-0.39, 0.29) is 11.7 Å². The molecule has 2 fully saturated rings. The van der Waals surface area contributed by atoms with Crippen LogP contribution >= 0.6 is 0 Å². The third-order valence-corrected chi connectivity index (χ3v) is 5.27. The lowest BCUT2D eigenvalue weighted by Crippen LogP contribution is -2.26. The van der Waals surface area contributed by atoms with Crippen LogP contribution in [0.2, 0.25) is 0 Å². The van der Waals surface area contributed by atoms with Crippen molar-refractivity contribution in [3.63, 3.8) is 0 Å². The highest BCUT2D eigenvalue weighted by molar-refractivity contribution is 5.47. The van der Waals surface area contributed by atoms with Crippen molar-refractivity contribution in [1.82, 2.24) is 19.8 Å². The molecule has 2 unspecified atom stereocenters. The van der Waals surface area contributed by atoms with Crippen LogP contribution < -0.4 is 4.90 Å². The van der Waals surface area contributed by atoms with Gasteiger partial charge in [-0.05, 0) is 49.4 Å². The summed E-state index contributed by atoms with van der Waals surface area (Å²) in [5.74, 6) is 2.30. The Morgan fingerprint density at radius 3 is 2.63 bits per heavy atom. The summed E-state index contributed by atoms with van der Waals surface area (Å²) in [6.07, 6.45) is -1.49. The summed E-state index contributed by atoms with van der Waals surface area (Å²) in [5, 5.41) is 11.0. The molecule has 0 amide bonds. The molecule has 0 radical (unpaired) electrons. The maximum absolute atomic E-state index is 13.1. The van der Waals surface area contributed by atoms with E-state index in [9.17, 15) is 13.2 Å². The van der Waals surface area contributed by atoms with Crippen LogP contribution in [-0.2, 0) is 12.7 Å². The van der Waals surface area contributed by atoms with Gasteiger partial charge in [0.25, 0.3) is 5.82 Å². The highest BCUT2D eigenvalue weighted by Crippen LogP contribution is 2.47. The SMILES string of the molecule is CC1CC1c1ccc(CN(c2ccc3nnc(C(F)(F)F)n3n2)C2CC2)o1. The van der Waals surface area contributed by atoms with Gasteiger partial charge in [0.2, 0.25) is 0 Å². The van der Waals surface area contributed by atoms with E-state index in [4.69, 9.17) is 4.42 Å². The quantitative estimate of drug-likeness (QED) is 0.672. The van der Waals surface area contributed by atoms with Crippen LogP contribution in [0.5, 0.6) is 0 Å². The lowest BCUT2D eigenvalue weighted by atomic mass is 10.3. The Hall–Kier alpha value is -2.58. The van der Waals surface area contributed by atoms with Crippen LogP contribution in [0.1, 0.15) is 49.4 Å². The van der Waals surface area contributed by atoms with Crippen LogP contribution in [-0.4, -0.2) is 25.9 Å². The first-order chi connectivity index (χ1) is 12.9. The van der Waals surface area contributed by atoms with Crippen LogP contribution in [0, 0.1) is 5.92 Å². The average molecular weight is 377 g/mol. The van der Waals surface area contributed by atoms with Gasteiger partial charge in [0, 0.05) is 12.0 Å². The van der Waals surface area contributed by atoms with Crippen LogP contribution in [0.4, 0.5) is 19.0 Å². The van der Waals surface area contributed by atoms with Gasteiger partial charge in [-0.15, -0.1) is 15.3 Å². The fourth-order valence-electron chi connectivity index (χ4n) is 3.46. The van der Waals surface area contributed by atoms with E-state index in [1.165, 1.54) is 6.07 Å². The van der Waals surface area contributed by atoms with Crippen molar-refractivity contribution in [2.45, 2.75) is 50.9 Å². The standard InChI is InChI=1S/C18H18F3N5O/c1-10-8-13(10)14-5-4-12(27-14)9-25(11-2-3-11)16-7-6-15-22-23-17(18(19,20)21)26(15)24-16/h4-7,10-11,13H,2-3,8-9H2,1H3. The van der Waals surface area contributed by atoms with Crippen molar-refractivity contribution in [2.24, 2.45) is 5.92 Å². The minimum Gasteiger partial charge on any atom is -0.464 e. The molecular weight excluding hydrogens is 359 g/mol. The second-order valence-corrected chi connectivity index (χ2v) is 7.47. The summed E-state index contributed by atoms with van der Waals surface area (Å²) >= 11 is 0. The molecule has 142 valence electrons. The molecule has 9 heteroatoms. The topological polar surface area (TPSA) is 59.5 Å². The molecule has 0 N–H and O–H groups in total. The first-order valence-corrected chi connectivity index (χ1v) is 9.05. The Balaban J connectivity index is 1.46. The minimum atomic E-state index is -4.60. The van der Waals surface area contributed by atoms with Gasteiger partial charge in [-0.25, -0.2) is 0 Å². The molecule has 0 aliphatic heterocycles. The summed E-state index contributed by atoms with van der Waals surface area (Å²) in [4.78, 5) is 2.00. The molecule has 3 aromatic rings. The molecular formula is C18H18F3N5O. The summed E-state index contributed by atoms with van der Waals surface area (Å²) < 4.78 is 46.1. The first-order valence-electron chi connectivity index (χ1n) is 9.05. The van der Waals surface area contributed by atoms with Gasteiger partial charge in [0.1, 0.15) is 17.3 Å². The Labute approximate surface area is 153 Å². The number of alkyl halides is 3. The Morgan fingerprint density at radius 1 is 1.19 bits per heavy atom. The van der Waals surface area contributed by atoms with Crippen molar-refractivity contribution < 1.29 is 17.6 Å². The molecule has 3 heterocycles. The highest BCUT2D eigenvalue weighted by atomic mass is 19.4. The molecule has 0 aromatic carbocycles. The number of halogens is 3. The molecule has 2 atom stereocenters. The Morgan fingerprint density at radius 2 is 1.96 bits per heavy atom. The highest BCUT2D eigenvalue weighted by Gasteiger charge is 2.39. The van der Waals surface area contributed by atoms with Gasteiger partial charge < -0.3 is 9.32 Å². The smallest absolute Gasteiger partial charge is 0.453 e. The van der Waals surface area contributed by atoms with E-state index in [1.807, 2.05) is 17.0 Å². The van der Waals surface area contributed by atoms with E-state index in [2.05, 4.69) is 22.2 Å². The number of furan rings is 1. The van der Waals surface area contributed by atoms with Crippen LogP contribution in [0.25, 0.3) is 5.65 Å². The molecule has 0 spiro atoms. The monoisotopic (exact) mass is 377 g/mol. The molecule has 3 aromatic heterocycles. The third kappa shape index (κ3) is 3.04. The predicted octanol–water partition coefficient (Wildman–Crippen LogP) is 4.03. The lowest BCUT2D eigenvalue weighted by Gasteiger charge is -2.22. The zero-order chi connectivity index (χ0) is 18.8. The third-order valence-electron chi connectivity index (χ3n) is 5.27. The maximum Gasteiger partial charge on any atom is 0.453 e. The summed E-state index contributed by atoms with van der Waals surface area (Å²) in [6.45, 7) is 2.67. The molecule has 2 aliphatic carbocycles. The number of anilines is 1. The number of nitrogens with zero attached hydrogens (tertiary/aromatic N) is 5. The number of hydrogen-bond acceptors (Lipinski definition) is 5. The van der Waals surface area contributed by atoms with Crippen LogP contribution in [0.3, 0.4) is 0 Å². The normalized spacial score (nSPS) is 22.4. The molecule has 2 saturated carbocycles. The molecule has 0 saturated heterocycles. The zero-order valence-corrected chi connectivity index (χ0v) is 14.6. The van der Waals surface area contributed by atoms with Crippen molar-refractivity contribution in [1.29, 1.82) is 0 Å². The number of hydrogen-bond donors (Lipinski definition) is 0. The largest absolute Gasteiger partial charge is 0.464 e. The van der Waals surface area contributed by atoms with Gasteiger partial charge in [-0.2, -0.15) is 17.7 Å². The van der Waals surface area contributed by atoms with Crippen molar-refractivity contribution in [3.8, 4) is 0 Å². The second kappa shape index (κ2) is 5.71. The molecule has 6 nitrogen and oxygen atoms in total. The fourth-order valence-corrected chi connectivity index (χ4v) is 3.46. The van der Waals surface area contributed by atoms with Gasteiger partial charge in [-0.3, -0.25) is 0 Å². The van der Waals surface area contributed by atoms with Gasteiger partial charge in [-0.1, -0.05) is 6.92 Å². The summed E-state index contributed by atoms with van der Waals surface area (Å²) in [6, 6.07) is 7.42. The Kier molecular flexibility index (Phi) is 3.50. The lowest BCUT2D eigenvalue weighted by molar-refractivity contribution is -0.146. The second-order valence-electron chi connectivity index (χ2n) is 7.47. The van der Waals surface area contributed by atoms with Crippen molar-refractivity contribution >= 4 is 11.5 Å². The maximum atomic E-state index is 13.1.